The van der Waals surface area contributed by atoms with Crippen molar-refractivity contribution in [2.75, 3.05) is 7.05 Å². The summed E-state index contributed by atoms with van der Waals surface area (Å²) >= 11 is 0. The van der Waals surface area contributed by atoms with E-state index in [9.17, 15) is 4.79 Å². The standard InChI is InChI=1S/C19H22N4O/c1-13-7-5-6-8-16(13)11-15(3)22(4)19(24)17-12-20-23-10-9-14(2)21-18(17)23/h5-10,12,15H,11H2,1-4H3. The van der Waals surface area contributed by atoms with Gasteiger partial charge in [0.2, 0.25) is 0 Å². The van der Waals surface area contributed by atoms with Crippen molar-refractivity contribution in [3.8, 4) is 0 Å². The Morgan fingerprint density at radius 3 is 2.75 bits per heavy atom. The quantitative estimate of drug-likeness (QED) is 0.742. The third-order valence-electron chi connectivity index (χ3n) is 4.50. The summed E-state index contributed by atoms with van der Waals surface area (Å²) < 4.78 is 1.64. The predicted molar refractivity (Wildman–Crippen MR) is 94.2 cm³/mol. The number of hydrogen-bond donors (Lipinski definition) is 0. The first-order valence-corrected chi connectivity index (χ1v) is 8.10. The van der Waals surface area contributed by atoms with Gasteiger partial charge < -0.3 is 4.90 Å². The van der Waals surface area contributed by atoms with Gasteiger partial charge in [0.05, 0.1) is 6.20 Å². The van der Waals surface area contributed by atoms with Gasteiger partial charge in [0.25, 0.3) is 5.91 Å². The molecular weight excluding hydrogens is 300 g/mol. The van der Waals surface area contributed by atoms with E-state index in [0.717, 1.165) is 12.1 Å². The first kappa shape index (κ1) is 16.2. The molecule has 0 aliphatic carbocycles. The molecule has 0 bridgehead atoms. The Balaban J connectivity index is 1.83. The molecule has 1 atom stereocenters. The predicted octanol–water partition coefficient (Wildman–Crippen LogP) is 3.05. The zero-order valence-electron chi connectivity index (χ0n) is 14.5. The molecule has 2 aromatic heterocycles. The van der Waals surface area contributed by atoms with Gasteiger partial charge in [0.15, 0.2) is 5.65 Å². The highest BCUT2D eigenvalue weighted by Gasteiger charge is 2.22. The molecule has 3 rings (SSSR count). The highest BCUT2D eigenvalue weighted by Crippen LogP contribution is 2.16. The van der Waals surface area contributed by atoms with Crippen LogP contribution in [0.2, 0.25) is 0 Å². The number of fused-ring (bicyclic) bond motifs is 1. The van der Waals surface area contributed by atoms with Crippen LogP contribution in [-0.4, -0.2) is 38.5 Å². The molecule has 0 spiro atoms. The summed E-state index contributed by atoms with van der Waals surface area (Å²) in [6, 6.07) is 10.2. The van der Waals surface area contributed by atoms with Crippen molar-refractivity contribution in [3.63, 3.8) is 0 Å². The molecule has 0 radical (unpaired) electrons. The number of carbonyl (C=O) groups excluding carboxylic acids is 1. The molecule has 24 heavy (non-hydrogen) atoms. The van der Waals surface area contributed by atoms with Crippen LogP contribution in [0.1, 0.15) is 34.1 Å². The van der Waals surface area contributed by atoms with Gasteiger partial charge >= 0.3 is 0 Å². The average Bonchev–Trinajstić information content (AvgIpc) is 2.98. The van der Waals surface area contributed by atoms with Crippen LogP contribution in [-0.2, 0) is 6.42 Å². The third-order valence-corrected chi connectivity index (χ3v) is 4.50. The maximum atomic E-state index is 12.9. The van der Waals surface area contributed by atoms with Gasteiger partial charge in [-0.15, -0.1) is 0 Å². The molecule has 0 aliphatic heterocycles. The highest BCUT2D eigenvalue weighted by molar-refractivity contribution is 5.99. The van der Waals surface area contributed by atoms with Crippen LogP contribution in [0.4, 0.5) is 0 Å². The van der Waals surface area contributed by atoms with Crippen molar-refractivity contribution in [1.82, 2.24) is 19.5 Å². The molecule has 1 aromatic carbocycles. The van der Waals surface area contributed by atoms with Gasteiger partial charge in [-0.05, 0) is 44.4 Å². The van der Waals surface area contributed by atoms with Crippen LogP contribution in [0, 0.1) is 13.8 Å². The minimum atomic E-state index is -0.0517. The van der Waals surface area contributed by atoms with Crippen LogP contribution in [0.5, 0.6) is 0 Å². The molecule has 0 aliphatic rings. The fourth-order valence-electron chi connectivity index (χ4n) is 2.79. The molecule has 0 saturated heterocycles. The van der Waals surface area contributed by atoms with E-state index in [4.69, 9.17) is 0 Å². The number of aromatic nitrogens is 3. The largest absolute Gasteiger partial charge is 0.339 e. The third kappa shape index (κ3) is 3.02. The Hall–Kier alpha value is -2.69. The lowest BCUT2D eigenvalue weighted by Gasteiger charge is -2.25. The Bertz CT molecular complexity index is 884. The van der Waals surface area contributed by atoms with E-state index in [1.807, 2.05) is 38.4 Å². The number of rotatable bonds is 4. The summed E-state index contributed by atoms with van der Waals surface area (Å²) in [5.41, 5.74) is 4.53. The Labute approximate surface area is 141 Å². The number of amides is 1. The van der Waals surface area contributed by atoms with E-state index in [1.165, 1.54) is 11.1 Å². The number of hydrogen-bond acceptors (Lipinski definition) is 3. The van der Waals surface area contributed by atoms with Crippen molar-refractivity contribution in [2.45, 2.75) is 33.2 Å². The van der Waals surface area contributed by atoms with Crippen LogP contribution in [0.25, 0.3) is 5.65 Å². The lowest BCUT2D eigenvalue weighted by molar-refractivity contribution is 0.0745. The van der Waals surface area contributed by atoms with Gasteiger partial charge in [-0.2, -0.15) is 5.10 Å². The number of nitrogens with zero attached hydrogens (tertiary/aromatic N) is 4. The average molecular weight is 322 g/mol. The molecule has 0 fully saturated rings. The monoisotopic (exact) mass is 322 g/mol. The fourth-order valence-corrected chi connectivity index (χ4v) is 2.79. The smallest absolute Gasteiger partial charge is 0.259 e. The van der Waals surface area contributed by atoms with Crippen molar-refractivity contribution in [3.05, 3.63) is 65.1 Å². The van der Waals surface area contributed by atoms with Gasteiger partial charge in [-0.3, -0.25) is 4.79 Å². The molecule has 0 saturated carbocycles. The van der Waals surface area contributed by atoms with Crippen molar-refractivity contribution in [1.29, 1.82) is 0 Å². The fraction of sp³-hybridized carbons (Fsp3) is 0.316. The van der Waals surface area contributed by atoms with E-state index in [-0.39, 0.29) is 11.9 Å². The van der Waals surface area contributed by atoms with Crippen molar-refractivity contribution < 1.29 is 4.79 Å². The first-order valence-electron chi connectivity index (χ1n) is 8.10. The van der Waals surface area contributed by atoms with E-state index in [0.29, 0.717) is 11.2 Å². The lowest BCUT2D eigenvalue weighted by Crippen LogP contribution is -2.36. The normalized spacial score (nSPS) is 12.3. The van der Waals surface area contributed by atoms with Crippen LogP contribution in [0.15, 0.2) is 42.7 Å². The molecule has 2 heterocycles. The zero-order chi connectivity index (χ0) is 17.3. The first-order chi connectivity index (χ1) is 11.5. The highest BCUT2D eigenvalue weighted by atomic mass is 16.2. The SMILES string of the molecule is Cc1ccn2ncc(C(=O)N(C)C(C)Cc3ccccc3C)c2n1. The second kappa shape index (κ2) is 6.43. The maximum Gasteiger partial charge on any atom is 0.259 e. The molecular formula is C19H22N4O. The number of aryl methyl sites for hydroxylation is 2. The van der Waals surface area contributed by atoms with Gasteiger partial charge in [0, 0.05) is 25.0 Å². The summed E-state index contributed by atoms with van der Waals surface area (Å²) in [4.78, 5) is 19.1. The number of carbonyl (C=O) groups is 1. The van der Waals surface area contributed by atoms with Crippen molar-refractivity contribution in [2.24, 2.45) is 0 Å². The number of benzene rings is 1. The van der Waals surface area contributed by atoms with Gasteiger partial charge in [0.1, 0.15) is 5.56 Å². The molecule has 5 heteroatoms. The minimum Gasteiger partial charge on any atom is -0.339 e. The summed E-state index contributed by atoms with van der Waals surface area (Å²) in [5.74, 6) is -0.0517. The van der Waals surface area contributed by atoms with Crippen LogP contribution >= 0.6 is 0 Å². The second-order valence-corrected chi connectivity index (χ2v) is 6.29. The summed E-state index contributed by atoms with van der Waals surface area (Å²) in [6.07, 6.45) is 4.24. The summed E-state index contributed by atoms with van der Waals surface area (Å²) in [7, 11) is 1.84. The Morgan fingerprint density at radius 1 is 1.25 bits per heavy atom. The van der Waals surface area contributed by atoms with Gasteiger partial charge in [-0.1, -0.05) is 24.3 Å². The van der Waals surface area contributed by atoms with E-state index >= 15 is 0 Å². The topological polar surface area (TPSA) is 50.5 Å². The molecule has 1 unspecified atom stereocenters. The van der Waals surface area contributed by atoms with E-state index in [1.54, 1.807) is 15.6 Å². The molecule has 0 N–H and O–H groups in total. The molecule has 1 amide bonds. The summed E-state index contributed by atoms with van der Waals surface area (Å²) in [6.45, 7) is 6.07. The van der Waals surface area contributed by atoms with Crippen LogP contribution in [0.3, 0.4) is 0 Å². The van der Waals surface area contributed by atoms with E-state index < -0.39 is 0 Å². The molecule has 3 aromatic rings. The van der Waals surface area contributed by atoms with Crippen LogP contribution < -0.4 is 0 Å². The molecule has 5 nitrogen and oxygen atoms in total. The zero-order valence-corrected chi connectivity index (χ0v) is 14.5. The lowest BCUT2D eigenvalue weighted by atomic mass is 10.0. The maximum absolute atomic E-state index is 12.9. The van der Waals surface area contributed by atoms with E-state index in [2.05, 4.69) is 36.1 Å². The minimum absolute atomic E-state index is 0.0517. The second-order valence-electron chi connectivity index (χ2n) is 6.29. The summed E-state index contributed by atoms with van der Waals surface area (Å²) in [5, 5.41) is 4.23. The Morgan fingerprint density at radius 2 is 2.00 bits per heavy atom. The Kier molecular flexibility index (Phi) is 4.34. The molecule has 124 valence electrons. The number of likely N-dealkylation sites (N-methyl/N-ethyl adjacent to an activating group) is 1. The van der Waals surface area contributed by atoms with Gasteiger partial charge in [-0.25, -0.2) is 9.50 Å². The van der Waals surface area contributed by atoms with Crippen molar-refractivity contribution >= 4 is 11.6 Å².